The minimum atomic E-state index is -3.89. The van der Waals surface area contributed by atoms with Crippen molar-refractivity contribution < 1.29 is 26.7 Å². The first kappa shape index (κ1) is 21.2. The van der Waals surface area contributed by atoms with Gasteiger partial charge in [-0.2, -0.15) is 4.31 Å². The molecule has 1 amide bonds. The van der Waals surface area contributed by atoms with Crippen molar-refractivity contribution >= 4 is 21.6 Å². The molecule has 1 heterocycles. The molecule has 156 valence electrons. The number of nitrogens with one attached hydrogen (secondary N) is 1. The summed E-state index contributed by atoms with van der Waals surface area (Å²) in [6.07, 6.45) is 0.914. The second-order valence-corrected chi connectivity index (χ2v) is 8.88. The van der Waals surface area contributed by atoms with Crippen molar-refractivity contribution in [1.29, 1.82) is 0 Å². The quantitative estimate of drug-likeness (QED) is 0.799. The third-order valence-corrected chi connectivity index (χ3v) is 6.76. The van der Waals surface area contributed by atoms with Crippen LogP contribution in [0.4, 0.5) is 14.5 Å². The van der Waals surface area contributed by atoms with E-state index < -0.39 is 33.5 Å². The molecule has 0 aliphatic carbocycles. The fourth-order valence-corrected chi connectivity index (χ4v) is 5.09. The molecule has 1 aliphatic heterocycles. The van der Waals surface area contributed by atoms with Crippen LogP contribution in [0.25, 0.3) is 0 Å². The summed E-state index contributed by atoms with van der Waals surface area (Å²) < 4.78 is 59.9. The number of carbonyl (C=O) groups excluding carboxylic acids is 1. The maximum Gasteiger partial charge on any atom is 0.246 e. The van der Waals surface area contributed by atoms with E-state index in [1.165, 1.54) is 17.5 Å². The lowest BCUT2D eigenvalue weighted by atomic mass is 9.98. The van der Waals surface area contributed by atoms with Crippen LogP contribution in [0.2, 0.25) is 0 Å². The van der Waals surface area contributed by atoms with Gasteiger partial charge < -0.3 is 10.1 Å². The van der Waals surface area contributed by atoms with Gasteiger partial charge in [0.15, 0.2) is 0 Å². The molecule has 1 saturated heterocycles. The third kappa shape index (κ3) is 4.56. The molecule has 0 bridgehead atoms. The molecule has 6 nitrogen and oxygen atoms in total. The maximum absolute atomic E-state index is 13.8. The molecule has 0 aromatic heterocycles. The van der Waals surface area contributed by atoms with Gasteiger partial charge in [0, 0.05) is 19.2 Å². The highest BCUT2D eigenvalue weighted by atomic mass is 32.2. The largest absolute Gasteiger partial charge is 0.495 e. The molecule has 2 aromatic rings. The number of hydrogen-bond acceptors (Lipinski definition) is 4. The highest BCUT2D eigenvalue weighted by molar-refractivity contribution is 7.89. The SMILES string of the molecule is COc1ccc(C)cc1S(=O)(=O)N1CCCC(C(=O)Nc2cc(F)ccc2F)C1. The lowest BCUT2D eigenvalue weighted by Crippen LogP contribution is -2.43. The topological polar surface area (TPSA) is 75.7 Å². The molecule has 3 rings (SSSR count). The maximum atomic E-state index is 13.8. The van der Waals surface area contributed by atoms with Crippen molar-refractivity contribution in [3.8, 4) is 5.75 Å². The summed E-state index contributed by atoms with van der Waals surface area (Å²) in [6.45, 7) is 1.98. The Hall–Kier alpha value is -2.52. The van der Waals surface area contributed by atoms with Gasteiger partial charge in [0.05, 0.1) is 18.7 Å². The Balaban J connectivity index is 1.80. The zero-order chi connectivity index (χ0) is 21.2. The first-order valence-electron chi connectivity index (χ1n) is 9.13. The molecule has 29 heavy (non-hydrogen) atoms. The summed E-state index contributed by atoms with van der Waals surface area (Å²) in [4.78, 5) is 12.6. The molecule has 0 saturated carbocycles. The van der Waals surface area contributed by atoms with Crippen LogP contribution in [0, 0.1) is 24.5 Å². The Morgan fingerprint density at radius 2 is 1.97 bits per heavy atom. The zero-order valence-corrected chi connectivity index (χ0v) is 16.9. The first-order chi connectivity index (χ1) is 13.7. The Kier molecular flexibility index (Phi) is 6.18. The molecule has 1 unspecified atom stereocenters. The number of ether oxygens (including phenoxy) is 1. The summed E-state index contributed by atoms with van der Waals surface area (Å²) in [5, 5.41) is 2.36. The number of anilines is 1. The Bertz CT molecular complexity index is 1030. The van der Waals surface area contributed by atoms with E-state index in [2.05, 4.69) is 5.32 Å². The Morgan fingerprint density at radius 1 is 1.21 bits per heavy atom. The van der Waals surface area contributed by atoms with Crippen LogP contribution in [0.1, 0.15) is 18.4 Å². The predicted molar refractivity (Wildman–Crippen MR) is 104 cm³/mol. The van der Waals surface area contributed by atoms with Crippen LogP contribution < -0.4 is 10.1 Å². The van der Waals surface area contributed by atoms with E-state index in [0.29, 0.717) is 12.8 Å². The van der Waals surface area contributed by atoms with E-state index in [1.807, 2.05) is 0 Å². The molecule has 1 atom stereocenters. The van der Waals surface area contributed by atoms with Crippen molar-refractivity contribution in [1.82, 2.24) is 4.31 Å². The van der Waals surface area contributed by atoms with Crippen molar-refractivity contribution in [3.05, 3.63) is 53.6 Å². The molecular formula is C20H22F2N2O4S. The minimum Gasteiger partial charge on any atom is -0.495 e. The average Bonchev–Trinajstić information content (AvgIpc) is 2.70. The van der Waals surface area contributed by atoms with Crippen LogP contribution in [0.5, 0.6) is 5.75 Å². The number of aryl methyl sites for hydroxylation is 1. The number of carbonyl (C=O) groups is 1. The molecule has 1 fully saturated rings. The Morgan fingerprint density at radius 3 is 2.69 bits per heavy atom. The number of sulfonamides is 1. The smallest absolute Gasteiger partial charge is 0.246 e. The van der Waals surface area contributed by atoms with Crippen molar-refractivity contribution in [2.24, 2.45) is 5.92 Å². The number of nitrogens with zero attached hydrogens (tertiary/aromatic N) is 1. The van der Waals surface area contributed by atoms with Crippen LogP contribution >= 0.6 is 0 Å². The van der Waals surface area contributed by atoms with Gasteiger partial charge in [-0.15, -0.1) is 0 Å². The van der Waals surface area contributed by atoms with Gasteiger partial charge >= 0.3 is 0 Å². The minimum absolute atomic E-state index is 0.0391. The normalized spacial score (nSPS) is 17.7. The fourth-order valence-electron chi connectivity index (χ4n) is 3.33. The van der Waals surface area contributed by atoms with E-state index in [9.17, 15) is 22.0 Å². The molecule has 1 aliphatic rings. The van der Waals surface area contributed by atoms with Crippen LogP contribution in [-0.2, 0) is 14.8 Å². The molecule has 0 radical (unpaired) electrons. The van der Waals surface area contributed by atoms with Gasteiger partial charge in [-0.25, -0.2) is 17.2 Å². The van der Waals surface area contributed by atoms with Gasteiger partial charge in [0.1, 0.15) is 22.3 Å². The number of methoxy groups -OCH3 is 1. The van der Waals surface area contributed by atoms with E-state index >= 15 is 0 Å². The van der Waals surface area contributed by atoms with E-state index in [-0.39, 0.29) is 29.4 Å². The molecular weight excluding hydrogens is 402 g/mol. The number of piperidine rings is 1. The lowest BCUT2D eigenvalue weighted by Gasteiger charge is -2.31. The highest BCUT2D eigenvalue weighted by Gasteiger charge is 2.35. The molecule has 2 aromatic carbocycles. The number of hydrogen-bond donors (Lipinski definition) is 1. The average molecular weight is 424 g/mol. The van der Waals surface area contributed by atoms with Crippen molar-refractivity contribution in [2.75, 3.05) is 25.5 Å². The number of rotatable bonds is 5. The summed E-state index contributed by atoms with van der Waals surface area (Å²) in [5.41, 5.74) is 0.493. The summed E-state index contributed by atoms with van der Waals surface area (Å²) >= 11 is 0. The van der Waals surface area contributed by atoms with Crippen LogP contribution in [0.15, 0.2) is 41.3 Å². The van der Waals surface area contributed by atoms with Gasteiger partial charge in [-0.3, -0.25) is 4.79 Å². The standard InChI is InChI=1S/C20H22F2N2O4S/c1-13-5-8-18(28-2)19(10-13)29(26,27)24-9-3-4-14(12-24)20(25)23-17-11-15(21)6-7-16(17)22/h5-8,10-11,14H,3-4,9,12H2,1-2H3,(H,23,25). The molecule has 1 N–H and O–H groups in total. The monoisotopic (exact) mass is 424 g/mol. The lowest BCUT2D eigenvalue weighted by molar-refractivity contribution is -0.120. The highest BCUT2D eigenvalue weighted by Crippen LogP contribution is 2.31. The molecule has 0 spiro atoms. The van der Waals surface area contributed by atoms with E-state index in [1.54, 1.807) is 19.1 Å². The van der Waals surface area contributed by atoms with Gasteiger partial charge in [0.25, 0.3) is 0 Å². The van der Waals surface area contributed by atoms with Crippen LogP contribution in [-0.4, -0.2) is 38.8 Å². The van der Waals surface area contributed by atoms with Gasteiger partial charge in [0.2, 0.25) is 15.9 Å². The summed E-state index contributed by atoms with van der Waals surface area (Å²) in [7, 11) is -2.49. The first-order valence-corrected chi connectivity index (χ1v) is 10.6. The van der Waals surface area contributed by atoms with Crippen molar-refractivity contribution in [2.45, 2.75) is 24.7 Å². The zero-order valence-electron chi connectivity index (χ0n) is 16.1. The fraction of sp³-hybridized carbons (Fsp3) is 0.350. The van der Waals surface area contributed by atoms with E-state index in [0.717, 1.165) is 23.8 Å². The number of amides is 1. The second-order valence-electron chi connectivity index (χ2n) is 6.97. The van der Waals surface area contributed by atoms with Crippen molar-refractivity contribution in [3.63, 3.8) is 0 Å². The Labute approximate surface area is 168 Å². The second kappa shape index (κ2) is 8.46. The number of benzene rings is 2. The van der Waals surface area contributed by atoms with Gasteiger partial charge in [-0.1, -0.05) is 6.07 Å². The number of halogens is 2. The predicted octanol–water partition coefficient (Wildman–Crippen LogP) is 3.32. The van der Waals surface area contributed by atoms with Gasteiger partial charge in [-0.05, 0) is 49.6 Å². The van der Waals surface area contributed by atoms with Crippen LogP contribution in [0.3, 0.4) is 0 Å². The summed E-state index contributed by atoms with van der Waals surface area (Å²) in [5.74, 6) is -2.45. The third-order valence-electron chi connectivity index (χ3n) is 4.88. The molecule has 9 heteroatoms. The summed E-state index contributed by atoms with van der Waals surface area (Å²) in [6, 6.07) is 7.63. The van der Waals surface area contributed by atoms with E-state index in [4.69, 9.17) is 4.74 Å².